The predicted molar refractivity (Wildman–Crippen MR) is 73.9 cm³/mol. The average Bonchev–Trinajstić information content (AvgIpc) is 2.42. The lowest BCUT2D eigenvalue weighted by Gasteiger charge is -2.14. The van der Waals surface area contributed by atoms with Crippen LogP contribution in [0.3, 0.4) is 0 Å². The molecule has 1 atom stereocenters. The molecule has 2 N–H and O–H groups in total. The van der Waals surface area contributed by atoms with Crippen LogP contribution in [-0.2, 0) is 0 Å². The van der Waals surface area contributed by atoms with E-state index in [2.05, 4.69) is 21.2 Å². The van der Waals surface area contributed by atoms with Gasteiger partial charge in [-0.2, -0.15) is 0 Å². The van der Waals surface area contributed by atoms with Gasteiger partial charge in [0.1, 0.15) is 11.6 Å². The van der Waals surface area contributed by atoms with Crippen LogP contribution in [0.25, 0.3) is 0 Å². The molecule has 100 valence electrons. The third kappa shape index (κ3) is 3.52. The lowest BCUT2D eigenvalue weighted by atomic mass is 10.1. The van der Waals surface area contributed by atoms with E-state index >= 15 is 0 Å². The van der Waals surface area contributed by atoms with Gasteiger partial charge in [0, 0.05) is 12.6 Å². The number of aliphatic hydroxyl groups excluding tert-OH is 1. The van der Waals surface area contributed by atoms with E-state index < -0.39 is 17.7 Å². The van der Waals surface area contributed by atoms with Crippen molar-refractivity contribution < 1.29 is 13.9 Å². The Balaban J connectivity index is 2.05. The van der Waals surface area contributed by atoms with Gasteiger partial charge in [-0.3, -0.25) is 0 Å². The zero-order chi connectivity index (χ0) is 13.8. The van der Waals surface area contributed by atoms with Crippen molar-refractivity contribution in [3.8, 4) is 0 Å². The standard InChI is InChI=1S/C14H12BrF2NO/c15-10-6-12(17)13(7-11(10)16)18-8-14(19)9-4-2-1-3-5-9/h1-7,14,18-19H,8H2. The molecule has 0 spiro atoms. The van der Waals surface area contributed by atoms with Crippen LogP contribution in [0.15, 0.2) is 46.9 Å². The molecule has 0 aromatic heterocycles. The van der Waals surface area contributed by atoms with Gasteiger partial charge in [0.15, 0.2) is 0 Å². The molecule has 0 aliphatic rings. The van der Waals surface area contributed by atoms with Crippen LogP contribution in [0.2, 0.25) is 0 Å². The number of nitrogens with one attached hydrogen (secondary N) is 1. The van der Waals surface area contributed by atoms with Crippen molar-refractivity contribution in [3.63, 3.8) is 0 Å². The Kier molecular flexibility index (Phi) is 4.50. The van der Waals surface area contributed by atoms with E-state index in [4.69, 9.17) is 0 Å². The summed E-state index contributed by atoms with van der Waals surface area (Å²) in [6.07, 6.45) is -0.785. The van der Waals surface area contributed by atoms with Crippen LogP contribution >= 0.6 is 15.9 Å². The van der Waals surface area contributed by atoms with Crippen LogP contribution in [0.5, 0.6) is 0 Å². The van der Waals surface area contributed by atoms with Crippen LogP contribution < -0.4 is 5.32 Å². The lowest BCUT2D eigenvalue weighted by Crippen LogP contribution is -2.13. The molecule has 5 heteroatoms. The molecular formula is C14H12BrF2NO. The van der Waals surface area contributed by atoms with Gasteiger partial charge in [-0.05, 0) is 27.6 Å². The normalized spacial score (nSPS) is 12.2. The molecule has 0 aliphatic heterocycles. The van der Waals surface area contributed by atoms with Gasteiger partial charge in [0.2, 0.25) is 0 Å². The van der Waals surface area contributed by atoms with Gasteiger partial charge in [0.05, 0.1) is 16.3 Å². The zero-order valence-corrected chi connectivity index (χ0v) is 11.5. The Morgan fingerprint density at radius 2 is 1.79 bits per heavy atom. The van der Waals surface area contributed by atoms with E-state index in [-0.39, 0.29) is 16.7 Å². The van der Waals surface area contributed by atoms with Gasteiger partial charge in [-0.15, -0.1) is 0 Å². The molecular weight excluding hydrogens is 316 g/mol. The Labute approximate surface area is 118 Å². The Hall–Kier alpha value is -1.46. The molecule has 2 aromatic rings. The maximum atomic E-state index is 13.5. The highest BCUT2D eigenvalue weighted by molar-refractivity contribution is 9.10. The molecule has 0 aliphatic carbocycles. The molecule has 0 amide bonds. The first kappa shape index (κ1) is 14.0. The van der Waals surface area contributed by atoms with Gasteiger partial charge in [-0.25, -0.2) is 8.78 Å². The third-order valence-electron chi connectivity index (χ3n) is 2.68. The summed E-state index contributed by atoms with van der Waals surface area (Å²) >= 11 is 2.90. The molecule has 0 saturated carbocycles. The van der Waals surface area contributed by atoms with Crippen LogP contribution in [-0.4, -0.2) is 11.7 Å². The van der Waals surface area contributed by atoms with E-state index in [1.54, 1.807) is 24.3 Å². The fourth-order valence-electron chi connectivity index (χ4n) is 1.66. The van der Waals surface area contributed by atoms with Crippen LogP contribution in [0, 0.1) is 11.6 Å². The summed E-state index contributed by atoms with van der Waals surface area (Å²) in [5.74, 6) is -1.13. The second-order valence-corrected chi connectivity index (χ2v) is 4.91. The van der Waals surface area contributed by atoms with Crippen molar-refractivity contribution in [2.75, 3.05) is 11.9 Å². The smallest absolute Gasteiger partial charge is 0.147 e. The Morgan fingerprint density at radius 3 is 2.47 bits per heavy atom. The summed E-state index contributed by atoms with van der Waals surface area (Å²) in [7, 11) is 0. The first-order chi connectivity index (χ1) is 9.08. The first-order valence-corrected chi connectivity index (χ1v) is 6.48. The number of aliphatic hydroxyl groups is 1. The van der Waals surface area contributed by atoms with Gasteiger partial charge >= 0.3 is 0 Å². The second kappa shape index (κ2) is 6.12. The van der Waals surface area contributed by atoms with Gasteiger partial charge < -0.3 is 10.4 Å². The molecule has 2 nitrogen and oxygen atoms in total. The molecule has 1 unspecified atom stereocenters. The molecule has 2 aromatic carbocycles. The minimum atomic E-state index is -0.785. The summed E-state index contributed by atoms with van der Waals surface area (Å²) in [6, 6.07) is 11.1. The zero-order valence-electron chi connectivity index (χ0n) is 9.91. The summed E-state index contributed by atoms with van der Waals surface area (Å²) in [4.78, 5) is 0. The third-order valence-corrected chi connectivity index (χ3v) is 3.29. The largest absolute Gasteiger partial charge is 0.387 e. The van der Waals surface area contributed by atoms with Crippen LogP contribution in [0.4, 0.5) is 14.5 Å². The van der Waals surface area contributed by atoms with Crippen molar-refractivity contribution >= 4 is 21.6 Å². The lowest BCUT2D eigenvalue weighted by molar-refractivity contribution is 0.191. The van der Waals surface area contributed by atoms with E-state index in [1.165, 1.54) is 0 Å². The monoisotopic (exact) mass is 327 g/mol. The number of hydrogen-bond acceptors (Lipinski definition) is 2. The number of anilines is 1. The quantitative estimate of drug-likeness (QED) is 0.835. The number of halogens is 3. The first-order valence-electron chi connectivity index (χ1n) is 5.69. The van der Waals surface area contributed by atoms with E-state index in [9.17, 15) is 13.9 Å². The SMILES string of the molecule is OC(CNc1cc(F)c(Br)cc1F)c1ccccc1. The number of benzene rings is 2. The van der Waals surface area contributed by atoms with Crippen molar-refractivity contribution in [1.29, 1.82) is 0 Å². The highest BCUT2D eigenvalue weighted by Gasteiger charge is 2.11. The molecule has 0 saturated heterocycles. The topological polar surface area (TPSA) is 32.3 Å². The average molecular weight is 328 g/mol. The van der Waals surface area contributed by atoms with Gasteiger partial charge in [0.25, 0.3) is 0 Å². The summed E-state index contributed by atoms with van der Waals surface area (Å²) < 4.78 is 26.9. The molecule has 2 rings (SSSR count). The van der Waals surface area contributed by atoms with Crippen molar-refractivity contribution in [2.45, 2.75) is 6.10 Å². The molecule has 0 bridgehead atoms. The molecule has 0 heterocycles. The molecule has 19 heavy (non-hydrogen) atoms. The Morgan fingerprint density at radius 1 is 1.11 bits per heavy atom. The maximum absolute atomic E-state index is 13.5. The highest BCUT2D eigenvalue weighted by Crippen LogP contribution is 2.24. The van der Waals surface area contributed by atoms with E-state index in [0.717, 1.165) is 12.1 Å². The minimum absolute atomic E-state index is 0.0238. The summed E-state index contributed by atoms with van der Waals surface area (Å²) in [5, 5.41) is 12.6. The van der Waals surface area contributed by atoms with Crippen molar-refractivity contribution in [2.24, 2.45) is 0 Å². The van der Waals surface area contributed by atoms with Gasteiger partial charge in [-0.1, -0.05) is 30.3 Å². The number of hydrogen-bond donors (Lipinski definition) is 2. The van der Waals surface area contributed by atoms with Crippen molar-refractivity contribution in [1.82, 2.24) is 0 Å². The predicted octanol–water partition coefficient (Wildman–Crippen LogP) is 3.87. The summed E-state index contributed by atoms with van der Waals surface area (Å²) in [6.45, 7) is 0.0992. The molecule has 0 radical (unpaired) electrons. The highest BCUT2D eigenvalue weighted by atomic mass is 79.9. The minimum Gasteiger partial charge on any atom is -0.387 e. The fourth-order valence-corrected chi connectivity index (χ4v) is 1.97. The van der Waals surface area contributed by atoms with Crippen LogP contribution in [0.1, 0.15) is 11.7 Å². The molecule has 0 fully saturated rings. The maximum Gasteiger partial charge on any atom is 0.147 e. The second-order valence-electron chi connectivity index (χ2n) is 4.05. The Bertz CT molecular complexity index is 563. The van der Waals surface area contributed by atoms with E-state index in [0.29, 0.717) is 5.56 Å². The number of rotatable bonds is 4. The fraction of sp³-hybridized carbons (Fsp3) is 0.143. The van der Waals surface area contributed by atoms with E-state index in [1.807, 2.05) is 6.07 Å². The van der Waals surface area contributed by atoms with Crippen molar-refractivity contribution in [3.05, 3.63) is 64.1 Å². The summed E-state index contributed by atoms with van der Waals surface area (Å²) in [5.41, 5.74) is 0.740.